The van der Waals surface area contributed by atoms with Crippen molar-refractivity contribution in [3.05, 3.63) is 85.8 Å². The number of aryl methyl sites for hydroxylation is 1. The van der Waals surface area contributed by atoms with Gasteiger partial charge in [0, 0.05) is 16.3 Å². The lowest BCUT2D eigenvalue weighted by atomic mass is 10.2. The molecule has 3 aromatic rings. The molecule has 0 aliphatic rings. The van der Waals surface area contributed by atoms with Gasteiger partial charge >= 0.3 is 0 Å². The molecule has 29 heavy (non-hydrogen) atoms. The molecule has 0 aromatic heterocycles. The standard InChI is InChI=1S/C23H20BrCl2NO2/c1-3-28-22-11-17(13-27-19-8-7-15(2)21(26)12-19)10-20(24)23(22)29-14-16-5-4-6-18(25)9-16/h4-13H,3,14H2,1-2H3. The molecule has 3 aromatic carbocycles. The summed E-state index contributed by atoms with van der Waals surface area (Å²) >= 11 is 15.8. The summed E-state index contributed by atoms with van der Waals surface area (Å²) in [6, 6.07) is 17.1. The van der Waals surface area contributed by atoms with Gasteiger partial charge in [0.1, 0.15) is 6.61 Å². The van der Waals surface area contributed by atoms with Crippen LogP contribution in [0.2, 0.25) is 10.0 Å². The molecule has 0 saturated heterocycles. The first kappa shape index (κ1) is 21.7. The van der Waals surface area contributed by atoms with Crippen LogP contribution in [0.4, 0.5) is 5.69 Å². The first-order valence-electron chi connectivity index (χ1n) is 9.10. The first-order valence-corrected chi connectivity index (χ1v) is 10.6. The second kappa shape index (κ2) is 10.1. The maximum absolute atomic E-state index is 6.18. The molecule has 0 fully saturated rings. The minimum Gasteiger partial charge on any atom is -0.490 e. The highest BCUT2D eigenvalue weighted by atomic mass is 79.9. The van der Waals surface area contributed by atoms with Gasteiger partial charge in [-0.3, -0.25) is 4.99 Å². The van der Waals surface area contributed by atoms with Gasteiger partial charge in [-0.15, -0.1) is 0 Å². The summed E-state index contributed by atoms with van der Waals surface area (Å²) in [7, 11) is 0. The molecule has 0 saturated carbocycles. The third kappa shape index (κ3) is 5.99. The zero-order chi connectivity index (χ0) is 20.8. The summed E-state index contributed by atoms with van der Waals surface area (Å²) < 4.78 is 12.6. The van der Waals surface area contributed by atoms with Gasteiger partial charge in [0.05, 0.1) is 16.8 Å². The van der Waals surface area contributed by atoms with E-state index in [4.69, 9.17) is 32.7 Å². The molecule has 6 heteroatoms. The van der Waals surface area contributed by atoms with E-state index < -0.39 is 0 Å². The zero-order valence-corrected chi connectivity index (χ0v) is 19.2. The largest absolute Gasteiger partial charge is 0.490 e. The van der Waals surface area contributed by atoms with Crippen LogP contribution < -0.4 is 9.47 Å². The molecule has 3 nitrogen and oxygen atoms in total. The topological polar surface area (TPSA) is 30.8 Å². The third-order valence-corrected chi connectivity index (χ3v) is 5.35. The molecular weight excluding hydrogens is 473 g/mol. The molecule has 0 bridgehead atoms. The van der Waals surface area contributed by atoms with E-state index in [0.29, 0.717) is 34.8 Å². The maximum Gasteiger partial charge on any atom is 0.175 e. The van der Waals surface area contributed by atoms with E-state index in [-0.39, 0.29) is 0 Å². The highest BCUT2D eigenvalue weighted by Crippen LogP contribution is 2.37. The Morgan fingerprint density at radius 2 is 1.86 bits per heavy atom. The molecule has 0 radical (unpaired) electrons. The lowest BCUT2D eigenvalue weighted by molar-refractivity contribution is 0.267. The van der Waals surface area contributed by atoms with Gasteiger partial charge < -0.3 is 9.47 Å². The summed E-state index contributed by atoms with van der Waals surface area (Å²) in [5, 5.41) is 1.37. The van der Waals surface area contributed by atoms with Gasteiger partial charge in [0.25, 0.3) is 0 Å². The van der Waals surface area contributed by atoms with Crippen LogP contribution in [-0.4, -0.2) is 12.8 Å². The average Bonchev–Trinajstić information content (AvgIpc) is 2.68. The second-order valence-electron chi connectivity index (χ2n) is 6.37. The minimum absolute atomic E-state index is 0.383. The van der Waals surface area contributed by atoms with Crippen molar-refractivity contribution in [3.63, 3.8) is 0 Å². The third-order valence-electron chi connectivity index (χ3n) is 4.12. The van der Waals surface area contributed by atoms with Crippen molar-refractivity contribution in [2.24, 2.45) is 4.99 Å². The van der Waals surface area contributed by atoms with Gasteiger partial charge in [0.2, 0.25) is 0 Å². The summed E-state index contributed by atoms with van der Waals surface area (Å²) in [6.07, 6.45) is 1.77. The highest BCUT2D eigenvalue weighted by molar-refractivity contribution is 9.10. The number of hydrogen-bond acceptors (Lipinski definition) is 3. The van der Waals surface area contributed by atoms with Gasteiger partial charge in [-0.1, -0.05) is 41.4 Å². The Labute approximate surface area is 189 Å². The normalized spacial score (nSPS) is 11.1. The summed E-state index contributed by atoms with van der Waals surface area (Å²) in [5.41, 5.74) is 3.67. The van der Waals surface area contributed by atoms with Crippen LogP contribution in [0, 0.1) is 6.92 Å². The Hall–Kier alpha value is -2.01. The average molecular weight is 493 g/mol. The molecule has 0 atom stereocenters. The van der Waals surface area contributed by atoms with Gasteiger partial charge in [-0.25, -0.2) is 0 Å². The van der Waals surface area contributed by atoms with Crippen molar-refractivity contribution >= 4 is 51.0 Å². The van der Waals surface area contributed by atoms with E-state index in [1.807, 2.05) is 68.4 Å². The van der Waals surface area contributed by atoms with E-state index in [1.165, 1.54) is 0 Å². The van der Waals surface area contributed by atoms with E-state index in [1.54, 1.807) is 6.21 Å². The van der Waals surface area contributed by atoms with E-state index in [2.05, 4.69) is 20.9 Å². The van der Waals surface area contributed by atoms with Gasteiger partial charge in [0.15, 0.2) is 11.5 Å². The molecule has 0 spiro atoms. The van der Waals surface area contributed by atoms with Crippen LogP contribution in [0.25, 0.3) is 0 Å². The van der Waals surface area contributed by atoms with Gasteiger partial charge in [-0.05, 0) is 82.9 Å². The molecule has 0 aliphatic heterocycles. The van der Waals surface area contributed by atoms with E-state index >= 15 is 0 Å². The van der Waals surface area contributed by atoms with Crippen LogP contribution >= 0.6 is 39.1 Å². The van der Waals surface area contributed by atoms with Crippen molar-refractivity contribution in [2.75, 3.05) is 6.61 Å². The molecule has 0 heterocycles. The molecule has 0 unspecified atom stereocenters. The number of halogens is 3. The number of rotatable bonds is 7. The van der Waals surface area contributed by atoms with E-state index in [0.717, 1.165) is 26.9 Å². The monoisotopic (exact) mass is 491 g/mol. The molecule has 0 aliphatic carbocycles. The fourth-order valence-electron chi connectivity index (χ4n) is 2.66. The maximum atomic E-state index is 6.18. The highest BCUT2D eigenvalue weighted by Gasteiger charge is 2.12. The molecular formula is C23H20BrCl2NO2. The van der Waals surface area contributed by atoms with Gasteiger partial charge in [-0.2, -0.15) is 0 Å². The lowest BCUT2D eigenvalue weighted by Crippen LogP contribution is -2.01. The van der Waals surface area contributed by atoms with Crippen molar-refractivity contribution in [3.8, 4) is 11.5 Å². The molecule has 0 amide bonds. The van der Waals surface area contributed by atoms with Crippen LogP contribution in [0.3, 0.4) is 0 Å². The Morgan fingerprint density at radius 1 is 1.03 bits per heavy atom. The minimum atomic E-state index is 0.383. The molecule has 150 valence electrons. The molecule has 0 N–H and O–H groups in total. The number of hydrogen-bond donors (Lipinski definition) is 0. The predicted octanol–water partition coefficient (Wildman–Crippen LogP) is 7.79. The number of aliphatic imine (C=N–C) groups is 1. The van der Waals surface area contributed by atoms with Crippen molar-refractivity contribution in [1.29, 1.82) is 0 Å². The summed E-state index contributed by atoms with van der Waals surface area (Å²) in [6.45, 7) is 4.80. The SMILES string of the molecule is CCOc1cc(C=Nc2ccc(C)c(Cl)c2)cc(Br)c1OCc1cccc(Cl)c1. The summed E-state index contributed by atoms with van der Waals surface area (Å²) in [5.74, 6) is 1.29. The van der Waals surface area contributed by atoms with Crippen molar-refractivity contribution in [2.45, 2.75) is 20.5 Å². The first-order chi connectivity index (χ1) is 14.0. The Balaban J connectivity index is 1.83. The quantitative estimate of drug-likeness (QED) is 0.315. The number of nitrogens with zero attached hydrogens (tertiary/aromatic N) is 1. The fraction of sp³-hybridized carbons (Fsp3) is 0.174. The second-order valence-corrected chi connectivity index (χ2v) is 8.07. The van der Waals surface area contributed by atoms with Crippen molar-refractivity contribution < 1.29 is 9.47 Å². The van der Waals surface area contributed by atoms with Crippen LogP contribution in [0.15, 0.2) is 64.1 Å². The number of benzene rings is 3. The Morgan fingerprint density at radius 3 is 2.59 bits per heavy atom. The Kier molecular flexibility index (Phi) is 7.59. The van der Waals surface area contributed by atoms with E-state index in [9.17, 15) is 0 Å². The smallest absolute Gasteiger partial charge is 0.175 e. The van der Waals surface area contributed by atoms with Crippen LogP contribution in [-0.2, 0) is 6.61 Å². The number of ether oxygens (including phenoxy) is 2. The predicted molar refractivity (Wildman–Crippen MR) is 125 cm³/mol. The summed E-state index contributed by atoms with van der Waals surface area (Å²) in [4.78, 5) is 4.51. The van der Waals surface area contributed by atoms with Crippen molar-refractivity contribution in [1.82, 2.24) is 0 Å². The zero-order valence-electron chi connectivity index (χ0n) is 16.1. The fourth-order valence-corrected chi connectivity index (χ4v) is 3.62. The lowest BCUT2D eigenvalue weighted by Gasteiger charge is -2.15. The Bertz CT molecular complexity index is 1040. The molecule has 3 rings (SSSR count). The van der Waals surface area contributed by atoms with Crippen LogP contribution in [0.5, 0.6) is 11.5 Å². The van der Waals surface area contributed by atoms with Crippen LogP contribution in [0.1, 0.15) is 23.6 Å².